The highest BCUT2D eigenvalue weighted by molar-refractivity contribution is 6.13. The summed E-state index contributed by atoms with van der Waals surface area (Å²) in [5.74, 6) is -1.02. The molecule has 6 nitrogen and oxygen atoms in total. The number of hydrogen-bond acceptors (Lipinski definition) is 5. The Kier molecular flexibility index (Phi) is 7.45. The average molecular weight is 537 g/mol. The normalized spacial score (nSPS) is 20.6. The second kappa shape index (κ2) is 10.8. The molecular formula is C34H36N2O4. The number of carbonyl (C=O) groups is 3. The molecule has 0 radical (unpaired) electrons. The highest BCUT2D eigenvalue weighted by atomic mass is 16.5. The number of para-hydroxylation sites is 2. The summed E-state index contributed by atoms with van der Waals surface area (Å²) < 4.78 is 4.87. The summed E-state index contributed by atoms with van der Waals surface area (Å²) in [5.41, 5.74) is 5.80. The van der Waals surface area contributed by atoms with Crippen LogP contribution in [0.2, 0.25) is 0 Å². The zero-order chi connectivity index (χ0) is 28.6. The van der Waals surface area contributed by atoms with Gasteiger partial charge in [-0.2, -0.15) is 0 Å². The molecule has 5 rings (SSSR count). The van der Waals surface area contributed by atoms with Crippen molar-refractivity contribution in [2.75, 3.05) is 12.0 Å². The molecule has 3 aromatic rings. The van der Waals surface area contributed by atoms with Gasteiger partial charge in [-0.3, -0.25) is 14.6 Å². The van der Waals surface area contributed by atoms with Gasteiger partial charge in [0.05, 0.1) is 36.0 Å². The van der Waals surface area contributed by atoms with Crippen LogP contribution >= 0.6 is 0 Å². The van der Waals surface area contributed by atoms with E-state index in [0.717, 1.165) is 16.8 Å². The molecule has 0 saturated heterocycles. The molecule has 6 heteroatoms. The number of anilines is 1. The molecule has 3 aromatic carbocycles. The average Bonchev–Trinajstić information content (AvgIpc) is 3.10. The van der Waals surface area contributed by atoms with Gasteiger partial charge in [0.25, 0.3) is 0 Å². The molecule has 0 N–H and O–H groups in total. The van der Waals surface area contributed by atoms with E-state index in [9.17, 15) is 14.4 Å². The van der Waals surface area contributed by atoms with Crippen LogP contribution in [0.15, 0.2) is 77.8 Å². The van der Waals surface area contributed by atoms with Crippen molar-refractivity contribution in [2.24, 2.45) is 10.9 Å². The van der Waals surface area contributed by atoms with E-state index in [2.05, 4.69) is 45.0 Å². The molecule has 0 aromatic heterocycles. The molecule has 1 saturated carbocycles. The van der Waals surface area contributed by atoms with Crippen LogP contribution in [-0.4, -0.2) is 30.5 Å². The molecule has 1 heterocycles. The van der Waals surface area contributed by atoms with Crippen molar-refractivity contribution in [1.29, 1.82) is 0 Å². The fourth-order valence-electron chi connectivity index (χ4n) is 5.92. The topological polar surface area (TPSA) is 76.0 Å². The molecule has 1 aliphatic heterocycles. The highest BCUT2D eigenvalue weighted by Crippen LogP contribution is 2.47. The fraction of sp³-hybridized carbons (Fsp3) is 0.353. The Balaban J connectivity index is 1.61. The lowest BCUT2D eigenvalue weighted by Crippen LogP contribution is -2.45. The number of rotatable bonds is 4. The van der Waals surface area contributed by atoms with E-state index in [1.54, 1.807) is 17.0 Å². The summed E-state index contributed by atoms with van der Waals surface area (Å²) in [6.07, 6.45) is 1.29. The number of methoxy groups -OCH3 is 1. The summed E-state index contributed by atoms with van der Waals surface area (Å²) >= 11 is 0. The van der Waals surface area contributed by atoms with Crippen LogP contribution in [0.1, 0.15) is 86.0 Å². The Morgan fingerprint density at radius 1 is 0.925 bits per heavy atom. The third kappa shape index (κ3) is 5.10. The number of amides is 1. The largest absolute Gasteiger partial charge is 0.465 e. The first-order valence-corrected chi connectivity index (χ1v) is 13.9. The molecule has 1 aliphatic carbocycles. The van der Waals surface area contributed by atoms with E-state index in [1.807, 2.05) is 43.3 Å². The van der Waals surface area contributed by atoms with Crippen LogP contribution < -0.4 is 4.90 Å². The van der Waals surface area contributed by atoms with Crippen LogP contribution in [-0.2, 0) is 19.7 Å². The summed E-state index contributed by atoms with van der Waals surface area (Å²) in [6.45, 7) is 8.40. The van der Waals surface area contributed by atoms with Gasteiger partial charge in [0.1, 0.15) is 5.78 Å². The first-order valence-electron chi connectivity index (χ1n) is 13.9. The molecule has 0 spiro atoms. The maximum absolute atomic E-state index is 14.1. The molecule has 2 aliphatic rings. The van der Waals surface area contributed by atoms with Crippen molar-refractivity contribution in [3.05, 3.63) is 95.1 Å². The van der Waals surface area contributed by atoms with Crippen LogP contribution in [0.3, 0.4) is 0 Å². The molecule has 1 fully saturated rings. The molecule has 0 bridgehead atoms. The van der Waals surface area contributed by atoms with E-state index >= 15 is 0 Å². The number of benzene rings is 3. The van der Waals surface area contributed by atoms with Gasteiger partial charge in [-0.1, -0.05) is 76.2 Å². The predicted octanol–water partition coefficient (Wildman–Crippen LogP) is 7.10. The Morgan fingerprint density at radius 2 is 1.57 bits per heavy atom. The number of nitrogens with zero attached hydrogens (tertiary/aromatic N) is 2. The lowest BCUT2D eigenvalue weighted by atomic mass is 9.71. The maximum Gasteiger partial charge on any atom is 0.337 e. The number of fused-ring (bicyclic) bond motifs is 2. The Bertz CT molecular complexity index is 1470. The third-order valence-electron chi connectivity index (χ3n) is 8.10. The number of ether oxygens (including phenoxy) is 1. The predicted molar refractivity (Wildman–Crippen MR) is 157 cm³/mol. The van der Waals surface area contributed by atoms with Gasteiger partial charge >= 0.3 is 5.97 Å². The minimum atomic E-state index is -0.586. The highest BCUT2D eigenvalue weighted by Gasteiger charge is 2.46. The number of carbonyl (C=O) groups excluding carboxylic acids is 3. The zero-order valence-corrected chi connectivity index (χ0v) is 23.8. The van der Waals surface area contributed by atoms with Crippen molar-refractivity contribution in [3.8, 4) is 0 Å². The maximum atomic E-state index is 14.1. The van der Waals surface area contributed by atoms with Gasteiger partial charge in [0.2, 0.25) is 5.91 Å². The van der Waals surface area contributed by atoms with Crippen LogP contribution in [0, 0.1) is 5.92 Å². The monoisotopic (exact) mass is 536 g/mol. The van der Waals surface area contributed by atoms with E-state index in [-0.39, 0.29) is 29.4 Å². The van der Waals surface area contributed by atoms with Gasteiger partial charge < -0.3 is 9.64 Å². The second-order valence-corrected chi connectivity index (χ2v) is 11.7. The zero-order valence-electron chi connectivity index (χ0n) is 23.8. The minimum absolute atomic E-state index is 0.0134. The van der Waals surface area contributed by atoms with E-state index in [0.29, 0.717) is 29.8 Å². The molecule has 40 heavy (non-hydrogen) atoms. The molecule has 3 atom stereocenters. The standard InChI is InChI=1S/C34H36N2O4/c1-6-30(38)36-28-10-8-7-9-26(28)35-27-19-24(21-15-17-25(18-16-21)34(2,3)4)20-29(37)31(27)32(36)22-11-13-23(14-12-22)33(39)40-5/h7-18,24,31-32H,6,19-20H2,1-5H3. The van der Waals surface area contributed by atoms with Crippen LogP contribution in [0.25, 0.3) is 0 Å². The number of aliphatic imine (C=N–C) groups is 1. The quantitative estimate of drug-likeness (QED) is 0.333. The van der Waals surface area contributed by atoms with E-state index in [4.69, 9.17) is 9.73 Å². The Hall–Kier alpha value is -4.06. The first kappa shape index (κ1) is 27.5. The molecular weight excluding hydrogens is 500 g/mol. The summed E-state index contributed by atoms with van der Waals surface area (Å²) in [5, 5.41) is 0. The van der Waals surface area contributed by atoms with Crippen LogP contribution in [0.4, 0.5) is 11.4 Å². The van der Waals surface area contributed by atoms with Crippen molar-refractivity contribution in [2.45, 2.75) is 64.3 Å². The van der Waals surface area contributed by atoms with E-state index in [1.165, 1.54) is 12.7 Å². The number of Topliss-reactive ketones (excluding diaryl/α,β-unsaturated/α-hetero) is 1. The Morgan fingerprint density at radius 3 is 2.20 bits per heavy atom. The lowest BCUT2D eigenvalue weighted by Gasteiger charge is -2.39. The first-order chi connectivity index (χ1) is 19.1. The van der Waals surface area contributed by atoms with Gasteiger partial charge in [0, 0.05) is 18.6 Å². The van der Waals surface area contributed by atoms with Gasteiger partial charge in [-0.15, -0.1) is 0 Å². The fourth-order valence-corrected chi connectivity index (χ4v) is 5.92. The van der Waals surface area contributed by atoms with Crippen LogP contribution in [0.5, 0.6) is 0 Å². The molecule has 1 amide bonds. The third-order valence-corrected chi connectivity index (χ3v) is 8.10. The SMILES string of the molecule is CCC(=O)N1c2ccccc2N=C2CC(c3ccc(C(C)(C)C)cc3)CC(=O)C2C1c1ccc(C(=O)OC)cc1. The van der Waals surface area contributed by atoms with Crippen molar-refractivity contribution < 1.29 is 19.1 Å². The molecule has 3 unspecified atom stereocenters. The number of ketones is 1. The van der Waals surface area contributed by atoms with Crippen molar-refractivity contribution in [3.63, 3.8) is 0 Å². The molecule has 206 valence electrons. The summed E-state index contributed by atoms with van der Waals surface area (Å²) in [4.78, 5) is 46.6. The Labute approximate surface area is 236 Å². The smallest absolute Gasteiger partial charge is 0.337 e. The van der Waals surface area contributed by atoms with Crippen molar-refractivity contribution >= 4 is 34.7 Å². The number of hydrogen-bond donors (Lipinski definition) is 0. The lowest BCUT2D eigenvalue weighted by molar-refractivity contribution is -0.123. The van der Waals surface area contributed by atoms with E-state index < -0.39 is 17.9 Å². The van der Waals surface area contributed by atoms with Gasteiger partial charge in [0.15, 0.2) is 0 Å². The van der Waals surface area contributed by atoms with Gasteiger partial charge in [-0.25, -0.2) is 4.79 Å². The minimum Gasteiger partial charge on any atom is -0.465 e. The second-order valence-electron chi connectivity index (χ2n) is 11.7. The van der Waals surface area contributed by atoms with Crippen molar-refractivity contribution in [1.82, 2.24) is 0 Å². The van der Waals surface area contributed by atoms with Gasteiger partial charge in [-0.05, 0) is 58.7 Å². The summed E-state index contributed by atoms with van der Waals surface area (Å²) in [7, 11) is 1.34. The summed E-state index contributed by atoms with van der Waals surface area (Å²) in [6, 6.07) is 22.6. The number of esters is 1.